The van der Waals surface area contributed by atoms with Crippen molar-refractivity contribution in [2.24, 2.45) is 0 Å². The molecule has 0 saturated heterocycles. The molecule has 0 spiro atoms. The van der Waals surface area contributed by atoms with Gasteiger partial charge < -0.3 is 0 Å². The molecule has 0 unspecified atom stereocenters. The lowest BCUT2D eigenvalue weighted by molar-refractivity contribution is 0.668. The van der Waals surface area contributed by atoms with Gasteiger partial charge in [-0.2, -0.15) is 0 Å². The van der Waals surface area contributed by atoms with Crippen molar-refractivity contribution in [3.05, 3.63) is 67.8 Å². The van der Waals surface area contributed by atoms with E-state index in [-0.39, 0.29) is 5.56 Å². The van der Waals surface area contributed by atoms with Gasteiger partial charge >= 0.3 is 0 Å². The molecular formula is C20H19BrN2OS2. The second kappa shape index (κ2) is 7.71. The van der Waals surface area contributed by atoms with Crippen LogP contribution in [-0.4, -0.2) is 9.55 Å². The number of aryl methyl sites for hydroxylation is 2. The Morgan fingerprint density at radius 3 is 3.00 bits per heavy atom. The molecule has 1 aliphatic rings. The molecule has 4 rings (SSSR count). The lowest BCUT2D eigenvalue weighted by Gasteiger charge is -2.12. The van der Waals surface area contributed by atoms with Crippen LogP contribution in [0.3, 0.4) is 0 Å². The highest BCUT2D eigenvalue weighted by atomic mass is 79.9. The van der Waals surface area contributed by atoms with Gasteiger partial charge in [0.2, 0.25) is 0 Å². The van der Waals surface area contributed by atoms with Crippen LogP contribution in [0, 0.1) is 0 Å². The van der Waals surface area contributed by atoms with Gasteiger partial charge in [0.1, 0.15) is 4.83 Å². The van der Waals surface area contributed by atoms with E-state index >= 15 is 0 Å². The number of halogens is 1. The summed E-state index contributed by atoms with van der Waals surface area (Å²) in [6, 6.07) is 8.24. The molecule has 0 aliphatic heterocycles. The predicted molar refractivity (Wildman–Crippen MR) is 114 cm³/mol. The summed E-state index contributed by atoms with van der Waals surface area (Å²) < 4.78 is 2.84. The third-order valence-electron chi connectivity index (χ3n) is 4.61. The highest BCUT2D eigenvalue weighted by Crippen LogP contribution is 2.35. The van der Waals surface area contributed by atoms with Crippen LogP contribution in [0.2, 0.25) is 0 Å². The molecule has 0 radical (unpaired) electrons. The Bertz CT molecular complexity index is 1040. The zero-order chi connectivity index (χ0) is 18.1. The first-order chi connectivity index (χ1) is 12.7. The Morgan fingerprint density at radius 2 is 2.19 bits per heavy atom. The normalized spacial score (nSPS) is 13.7. The van der Waals surface area contributed by atoms with Gasteiger partial charge in [0.15, 0.2) is 5.16 Å². The van der Waals surface area contributed by atoms with Crippen LogP contribution in [0.15, 0.2) is 51.3 Å². The molecule has 2 heterocycles. The summed E-state index contributed by atoms with van der Waals surface area (Å²) >= 11 is 6.83. The SMILES string of the molecule is C=CCn1c(SCc2cccc(Br)c2)nc2sc3c(c2c1=O)CCCC3. The minimum absolute atomic E-state index is 0.0889. The van der Waals surface area contributed by atoms with Crippen molar-refractivity contribution in [3.63, 3.8) is 0 Å². The van der Waals surface area contributed by atoms with Gasteiger partial charge in [0, 0.05) is 21.6 Å². The Morgan fingerprint density at radius 1 is 1.35 bits per heavy atom. The first-order valence-corrected chi connectivity index (χ1v) is 11.3. The van der Waals surface area contributed by atoms with Crippen molar-refractivity contribution in [1.82, 2.24) is 9.55 Å². The van der Waals surface area contributed by atoms with Crippen molar-refractivity contribution in [3.8, 4) is 0 Å². The first-order valence-electron chi connectivity index (χ1n) is 8.70. The average molecular weight is 447 g/mol. The molecule has 3 nitrogen and oxygen atoms in total. The highest BCUT2D eigenvalue weighted by molar-refractivity contribution is 9.10. The number of aromatic nitrogens is 2. The van der Waals surface area contributed by atoms with E-state index in [9.17, 15) is 4.79 Å². The maximum atomic E-state index is 13.2. The molecule has 0 fully saturated rings. The summed E-state index contributed by atoms with van der Waals surface area (Å²) in [4.78, 5) is 20.3. The van der Waals surface area contributed by atoms with E-state index in [2.05, 4.69) is 34.6 Å². The van der Waals surface area contributed by atoms with Crippen LogP contribution in [0.25, 0.3) is 10.2 Å². The summed E-state index contributed by atoms with van der Waals surface area (Å²) in [6.45, 7) is 4.32. The second-order valence-corrected chi connectivity index (χ2v) is 9.35. The number of benzene rings is 1. The van der Waals surface area contributed by atoms with Gasteiger partial charge in [0.25, 0.3) is 5.56 Å². The lowest BCUT2D eigenvalue weighted by atomic mass is 9.97. The Kier molecular flexibility index (Phi) is 5.34. The zero-order valence-corrected chi connectivity index (χ0v) is 17.6. The van der Waals surface area contributed by atoms with E-state index in [1.54, 1.807) is 33.7 Å². The fourth-order valence-corrected chi connectivity index (χ4v) is 6.10. The van der Waals surface area contributed by atoms with Crippen LogP contribution in [0.4, 0.5) is 0 Å². The maximum Gasteiger partial charge on any atom is 0.263 e. The highest BCUT2D eigenvalue weighted by Gasteiger charge is 2.21. The minimum atomic E-state index is 0.0889. The van der Waals surface area contributed by atoms with Crippen molar-refractivity contribution < 1.29 is 0 Å². The summed E-state index contributed by atoms with van der Waals surface area (Å²) in [5.74, 6) is 0.777. The van der Waals surface area contributed by atoms with E-state index in [1.165, 1.54) is 28.8 Å². The molecule has 134 valence electrons. The van der Waals surface area contributed by atoms with Crippen LogP contribution in [0.5, 0.6) is 0 Å². The molecule has 3 aromatic rings. The maximum absolute atomic E-state index is 13.2. The molecule has 0 saturated carbocycles. The van der Waals surface area contributed by atoms with E-state index in [0.717, 1.165) is 38.4 Å². The summed E-state index contributed by atoms with van der Waals surface area (Å²) in [5, 5.41) is 1.62. The number of fused-ring (bicyclic) bond motifs is 3. The largest absolute Gasteiger partial charge is 0.283 e. The van der Waals surface area contributed by atoms with Crippen LogP contribution in [0.1, 0.15) is 28.8 Å². The Hall–Kier alpha value is -1.37. The molecule has 26 heavy (non-hydrogen) atoms. The third kappa shape index (κ3) is 3.42. The topological polar surface area (TPSA) is 34.9 Å². The smallest absolute Gasteiger partial charge is 0.263 e. The molecular weight excluding hydrogens is 428 g/mol. The number of rotatable bonds is 5. The van der Waals surface area contributed by atoms with Gasteiger partial charge in [-0.3, -0.25) is 9.36 Å². The van der Waals surface area contributed by atoms with E-state index in [0.29, 0.717) is 6.54 Å². The molecule has 2 aromatic heterocycles. The van der Waals surface area contributed by atoms with Gasteiger partial charge in [-0.05, 0) is 48.9 Å². The van der Waals surface area contributed by atoms with Gasteiger partial charge in [-0.25, -0.2) is 4.98 Å². The molecule has 6 heteroatoms. The van der Waals surface area contributed by atoms with Crippen molar-refractivity contribution in [2.75, 3.05) is 0 Å². The number of nitrogens with zero attached hydrogens (tertiary/aromatic N) is 2. The Balaban J connectivity index is 1.76. The van der Waals surface area contributed by atoms with Gasteiger partial charge in [-0.15, -0.1) is 17.9 Å². The second-order valence-electron chi connectivity index (χ2n) is 6.41. The van der Waals surface area contributed by atoms with Crippen LogP contribution >= 0.6 is 39.0 Å². The predicted octanol–water partition coefficient (Wildman–Crippen LogP) is 5.58. The minimum Gasteiger partial charge on any atom is -0.283 e. The van der Waals surface area contributed by atoms with Crippen molar-refractivity contribution in [2.45, 2.75) is 43.1 Å². The van der Waals surface area contributed by atoms with Crippen LogP contribution in [-0.2, 0) is 25.1 Å². The number of hydrogen-bond acceptors (Lipinski definition) is 4. The van der Waals surface area contributed by atoms with Crippen LogP contribution < -0.4 is 5.56 Å². The standard InChI is InChI=1S/C20H19BrN2OS2/c1-2-10-23-19(24)17-15-8-3-4-9-16(15)26-18(17)22-20(23)25-12-13-6-5-7-14(21)11-13/h2,5-7,11H,1,3-4,8-10,12H2. The molecule has 1 aliphatic carbocycles. The van der Waals surface area contributed by atoms with Gasteiger partial charge in [0.05, 0.1) is 5.39 Å². The van der Waals surface area contributed by atoms with Gasteiger partial charge in [-0.1, -0.05) is 45.9 Å². The monoisotopic (exact) mass is 446 g/mol. The molecule has 0 atom stereocenters. The fraction of sp³-hybridized carbons (Fsp3) is 0.300. The molecule has 0 N–H and O–H groups in total. The van der Waals surface area contributed by atoms with Crippen molar-refractivity contribution >= 4 is 49.2 Å². The number of thiophene rings is 1. The third-order valence-corrected chi connectivity index (χ3v) is 7.33. The number of thioether (sulfide) groups is 1. The lowest BCUT2D eigenvalue weighted by Crippen LogP contribution is -2.23. The molecule has 1 aromatic carbocycles. The zero-order valence-electron chi connectivity index (χ0n) is 14.3. The molecule has 0 bridgehead atoms. The quantitative estimate of drug-likeness (QED) is 0.291. The van der Waals surface area contributed by atoms with E-state index in [1.807, 2.05) is 12.1 Å². The van der Waals surface area contributed by atoms with Crippen molar-refractivity contribution in [1.29, 1.82) is 0 Å². The molecule has 0 amide bonds. The summed E-state index contributed by atoms with van der Waals surface area (Å²) in [6.07, 6.45) is 6.24. The van der Waals surface area contributed by atoms with E-state index < -0.39 is 0 Å². The number of hydrogen-bond donors (Lipinski definition) is 0. The average Bonchev–Trinajstić information content (AvgIpc) is 3.01. The summed E-state index contributed by atoms with van der Waals surface area (Å²) in [5.41, 5.74) is 2.54. The number of allylic oxidation sites excluding steroid dienone is 1. The first kappa shape index (κ1) is 18.0. The van der Waals surface area contributed by atoms with E-state index in [4.69, 9.17) is 4.98 Å². The Labute approximate surface area is 169 Å². The summed E-state index contributed by atoms with van der Waals surface area (Å²) in [7, 11) is 0. The fourth-order valence-electron chi connectivity index (χ4n) is 3.39.